The highest BCUT2D eigenvalue weighted by Crippen LogP contribution is 2.19. The number of hydrogen-bond acceptors (Lipinski definition) is 3. The van der Waals surface area contributed by atoms with Crippen molar-refractivity contribution < 1.29 is 4.79 Å². The second-order valence-electron chi connectivity index (χ2n) is 5.33. The Hall–Kier alpha value is -1.71. The summed E-state index contributed by atoms with van der Waals surface area (Å²) < 4.78 is 0. The van der Waals surface area contributed by atoms with E-state index in [-0.39, 0.29) is 11.9 Å². The largest absolute Gasteiger partial charge is 0.399 e. The number of nitrogens with one attached hydrogen (secondary N) is 1. The van der Waals surface area contributed by atoms with E-state index in [1.54, 1.807) is 0 Å². The average Bonchev–Trinajstić information content (AvgIpc) is 2.42. The van der Waals surface area contributed by atoms with Crippen LogP contribution in [0, 0.1) is 6.92 Å². The molecule has 3 N–H and O–H groups in total. The van der Waals surface area contributed by atoms with Crippen LogP contribution in [0.5, 0.6) is 0 Å². The monoisotopic (exact) mass is 261 g/mol. The van der Waals surface area contributed by atoms with Crippen molar-refractivity contribution in [2.75, 3.05) is 24.1 Å². The molecule has 0 bridgehead atoms. The normalized spacial score (nSPS) is 17.1. The van der Waals surface area contributed by atoms with Gasteiger partial charge in [0.25, 0.3) is 0 Å². The highest BCUT2D eigenvalue weighted by molar-refractivity contribution is 5.84. The Balaban J connectivity index is 1.99. The zero-order valence-electron chi connectivity index (χ0n) is 11.8. The molecule has 4 heteroatoms. The molecule has 1 aliphatic rings. The molecular weight excluding hydrogens is 238 g/mol. The van der Waals surface area contributed by atoms with Gasteiger partial charge in [0.2, 0.25) is 5.91 Å². The van der Waals surface area contributed by atoms with E-state index in [0.29, 0.717) is 0 Å². The van der Waals surface area contributed by atoms with Gasteiger partial charge >= 0.3 is 0 Å². The number of carbonyl (C=O) groups excluding carboxylic acids is 1. The van der Waals surface area contributed by atoms with E-state index in [1.165, 1.54) is 6.42 Å². The number of likely N-dealkylation sites (tertiary alicyclic amines) is 1. The minimum absolute atomic E-state index is 0.191. The zero-order valence-corrected chi connectivity index (χ0v) is 11.8. The van der Waals surface area contributed by atoms with Gasteiger partial charge < -0.3 is 16.0 Å². The van der Waals surface area contributed by atoms with Crippen LogP contribution >= 0.6 is 0 Å². The van der Waals surface area contributed by atoms with Crippen molar-refractivity contribution in [1.82, 2.24) is 4.90 Å². The highest BCUT2D eigenvalue weighted by Gasteiger charge is 2.22. The van der Waals surface area contributed by atoms with E-state index in [2.05, 4.69) is 5.32 Å². The lowest BCUT2D eigenvalue weighted by molar-refractivity contribution is -0.132. The number of rotatable bonds is 3. The minimum atomic E-state index is -0.194. The second kappa shape index (κ2) is 5.95. The fourth-order valence-electron chi connectivity index (χ4n) is 2.53. The molecule has 1 fully saturated rings. The molecule has 1 aromatic carbocycles. The lowest BCUT2D eigenvalue weighted by atomic mass is 10.1. The molecule has 1 saturated heterocycles. The molecule has 0 aromatic heterocycles. The topological polar surface area (TPSA) is 58.4 Å². The molecule has 0 radical (unpaired) electrons. The van der Waals surface area contributed by atoms with Gasteiger partial charge in [0, 0.05) is 24.5 Å². The van der Waals surface area contributed by atoms with E-state index in [9.17, 15) is 4.79 Å². The summed E-state index contributed by atoms with van der Waals surface area (Å²) in [6, 6.07) is 5.51. The number of amides is 1. The van der Waals surface area contributed by atoms with Crippen LogP contribution in [0.25, 0.3) is 0 Å². The maximum atomic E-state index is 12.3. The molecule has 104 valence electrons. The predicted octanol–water partition coefficient (Wildman–Crippen LogP) is 2.39. The van der Waals surface area contributed by atoms with Crippen LogP contribution in [-0.2, 0) is 4.79 Å². The smallest absolute Gasteiger partial charge is 0.244 e. The maximum absolute atomic E-state index is 12.3. The molecule has 1 aromatic rings. The summed E-state index contributed by atoms with van der Waals surface area (Å²) in [6.45, 7) is 5.71. The van der Waals surface area contributed by atoms with Crippen LogP contribution in [-0.4, -0.2) is 29.9 Å². The Kier molecular flexibility index (Phi) is 4.30. The molecule has 0 aliphatic carbocycles. The van der Waals surface area contributed by atoms with Gasteiger partial charge in [-0.2, -0.15) is 0 Å². The SMILES string of the molecule is Cc1cc(N)ccc1NC(C)C(=O)N1CCCCC1. The summed E-state index contributed by atoms with van der Waals surface area (Å²) >= 11 is 0. The van der Waals surface area contributed by atoms with Crippen LogP contribution < -0.4 is 11.1 Å². The first-order chi connectivity index (χ1) is 9.08. The number of anilines is 2. The average molecular weight is 261 g/mol. The van der Waals surface area contributed by atoms with E-state index in [4.69, 9.17) is 5.73 Å². The molecule has 1 heterocycles. The number of piperidine rings is 1. The fraction of sp³-hybridized carbons (Fsp3) is 0.533. The summed E-state index contributed by atoms with van der Waals surface area (Å²) in [5.41, 5.74) is 8.53. The number of carbonyl (C=O) groups is 1. The standard InChI is InChI=1S/C15H23N3O/c1-11-10-13(16)6-7-14(11)17-12(2)15(19)18-8-4-3-5-9-18/h6-7,10,12,17H,3-5,8-9,16H2,1-2H3. The Morgan fingerprint density at radius 1 is 1.32 bits per heavy atom. The number of nitrogens with two attached hydrogens (primary N) is 1. The van der Waals surface area contributed by atoms with Crippen molar-refractivity contribution in [1.29, 1.82) is 0 Å². The van der Waals surface area contributed by atoms with Crippen molar-refractivity contribution >= 4 is 17.3 Å². The Labute approximate surface area is 115 Å². The van der Waals surface area contributed by atoms with E-state index < -0.39 is 0 Å². The van der Waals surface area contributed by atoms with Gasteiger partial charge in [0.1, 0.15) is 6.04 Å². The molecule has 1 aliphatic heterocycles. The number of benzene rings is 1. The summed E-state index contributed by atoms with van der Waals surface area (Å²) in [5, 5.41) is 3.29. The number of hydrogen-bond donors (Lipinski definition) is 2. The second-order valence-corrected chi connectivity index (χ2v) is 5.33. The van der Waals surface area contributed by atoms with E-state index in [1.807, 2.05) is 36.9 Å². The summed E-state index contributed by atoms with van der Waals surface area (Å²) in [6.07, 6.45) is 3.49. The third kappa shape index (κ3) is 3.40. The molecule has 4 nitrogen and oxygen atoms in total. The molecular formula is C15H23N3O. The summed E-state index contributed by atoms with van der Waals surface area (Å²) in [5.74, 6) is 0.191. The predicted molar refractivity (Wildman–Crippen MR) is 79.1 cm³/mol. The number of nitrogens with zero attached hydrogens (tertiary/aromatic N) is 1. The van der Waals surface area contributed by atoms with Gasteiger partial charge in [-0.3, -0.25) is 4.79 Å². The fourth-order valence-corrected chi connectivity index (χ4v) is 2.53. The first-order valence-corrected chi connectivity index (χ1v) is 6.99. The summed E-state index contributed by atoms with van der Waals surface area (Å²) in [4.78, 5) is 14.3. The highest BCUT2D eigenvalue weighted by atomic mass is 16.2. The molecule has 1 amide bonds. The van der Waals surface area contributed by atoms with Gasteiger partial charge in [-0.05, 0) is 56.9 Å². The van der Waals surface area contributed by atoms with Gasteiger partial charge in [0.05, 0.1) is 0 Å². The lowest BCUT2D eigenvalue weighted by Gasteiger charge is -2.30. The van der Waals surface area contributed by atoms with Gasteiger partial charge in [0.15, 0.2) is 0 Å². The van der Waals surface area contributed by atoms with Crippen molar-refractivity contribution in [2.45, 2.75) is 39.2 Å². The van der Waals surface area contributed by atoms with Crippen molar-refractivity contribution in [3.8, 4) is 0 Å². The van der Waals surface area contributed by atoms with Crippen LogP contribution in [0.4, 0.5) is 11.4 Å². The molecule has 2 rings (SSSR count). The lowest BCUT2D eigenvalue weighted by Crippen LogP contribution is -2.43. The zero-order chi connectivity index (χ0) is 13.8. The Morgan fingerprint density at radius 3 is 2.63 bits per heavy atom. The molecule has 1 unspecified atom stereocenters. The molecule has 0 spiro atoms. The van der Waals surface area contributed by atoms with Gasteiger partial charge in [-0.1, -0.05) is 0 Å². The number of nitrogen functional groups attached to an aromatic ring is 1. The third-order valence-corrected chi connectivity index (χ3v) is 3.66. The van der Waals surface area contributed by atoms with Crippen molar-refractivity contribution in [3.63, 3.8) is 0 Å². The van der Waals surface area contributed by atoms with Crippen LogP contribution in [0.15, 0.2) is 18.2 Å². The number of aryl methyl sites for hydroxylation is 1. The molecule has 1 atom stereocenters. The van der Waals surface area contributed by atoms with E-state index >= 15 is 0 Å². The van der Waals surface area contributed by atoms with Crippen LogP contribution in [0.1, 0.15) is 31.7 Å². The van der Waals surface area contributed by atoms with Crippen molar-refractivity contribution in [3.05, 3.63) is 23.8 Å². The van der Waals surface area contributed by atoms with Gasteiger partial charge in [-0.25, -0.2) is 0 Å². The van der Waals surface area contributed by atoms with Crippen LogP contribution in [0.3, 0.4) is 0 Å². The minimum Gasteiger partial charge on any atom is -0.399 e. The first-order valence-electron chi connectivity index (χ1n) is 6.99. The quantitative estimate of drug-likeness (QED) is 0.821. The summed E-state index contributed by atoms with van der Waals surface area (Å²) in [7, 11) is 0. The Bertz CT molecular complexity index is 453. The molecule has 19 heavy (non-hydrogen) atoms. The van der Waals surface area contributed by atoms with E-state index in [0.717, 1.165) is 42.9 Å². The molecule has 0 saturated carbocycles. The first kappa shape index (κ1) is 13.7. The van der Waals surface area contributed by atoms with Gasteiger partial charge in [-0.15, -0.1) is 0 Å². The Morgan fingerprint density at radius 2 is 2.00 bits per heavy atom. The van der Waals surface area contributed by atoms with Crippen molar-refractivity contribution in [2.24, 2.45) is 0 Å². The maximum Gasteiger partial charge on any atom is 0.244 e. The van der Waals surface area contributed by atoms with Crippen LogP contribution in [0.2, 0.25) is 0 Å². The third-order valence-electron chi connectivity index (χ3n) is 3.66.